The van der Waals surface area contributed by atoms with Gasteiger partial charge < -0.3 is 9.47 Å². The van der Waals surface area contributed by atoms with Crippen LogP contribution < -0.4 is 9.47 Å². The molecule has 0 amide bonds. The van der Waals surface area contributed by atoms with Crippen LogP contribution in [-0.4, -0.2) is 13.3 Å². The van der Waals surface area contributed by atoms with Crippen LogP contribution in [0.2, 0.25) is 5.02 Å². The number of aryl methyl sites for hydroxylation is 1. The number of rotatable bonds is 6. The average Bonchev–Trinajstić information content (AvgIpc) is 2.67. The van der Waals surface area contributed by atoms with Gasteiger partial charge in [-0.3, -0.25) is 4.99 Å². The Morgan fingerprint density at radius 2 is 1.73 bits per heavy atom. The number of aliphatic imine (C=N–C) groups is 1. The van der Waals surface area contributed by atoms with E-state index in [1.54, 1.807) is 7.11 Å². The molecule has 0 fully saturated rings. The smallest absolute Gasteiger partial charge is 0.161 e. The summed E-state index contributed by atoms with van der Waals surface area (Å²) in [5, 5.41) is 0.688. The van der Waals surface area contributed by atoms with E-state index in [0.717, 1.165) is 16.8 Å². The van der Waals surface area contributed by atoms with Crippen molar-refractivity contribution in [3.8, 4) is 11.5 Å². The Bertz CT molecular complexity index is 904. The van der Waals surface area contributed by atoms with E-state index in [1.807, 2.05) is 72.9 Å². The topological polar surface area (TPSA) is 30.8 Å². The fourth-order valence-electron chi connectivity index (χ4n) is 2.43. The van der Waals surface area contributed by atoms with E-state index in [1.165, 1.54) is 5.56 Å². The molecule has 0 atom stereocenters. The van der Waals surface area contributed by atoms with Gasteiger partial charge in [-0.25, -0.2) is 0 Å². The van der Waals surface area contributed by atoms with Crippen molar-refractivity contribution in [1.29, 1.82) is 0 Å². The maximum atomic E-state index is 6.17. The van der Waals surface area contributed by atoms with Crippen molar-refractivity contribution in [2.45, 2.75) is 13.5 Å². The molecular weight excluding hydrogens is 346 g/mol. The second-order valence-corrected chi connectivity index (χ2v) is 6.29. The summed E-state index contributed by atoms with van der Waals surface area (Å²) in [4.78, 5) is 4.49. The predicted molar refractivity (Wildman–Crippen MR) is 107 cm³/mol. The molecule has 3 aromatic carbocycles. The molecule has 0 saturated heterocycles. The lowest BCUT2D eigenvalue weighted by Gasteiger charge is -2.12. The van der Waals surface area contributed by atoms with Crippen LogP contribution in [0.15, 0.2) is 71.7 Å². The van der Waals surface area contributed by atoms with Gasteiger partial charge in [0.2, 0.25) is 0 Å². The van der Waals surface area contributed by atoms with E-state index in [4.69, 9.17) is 21.1 Å². The second-order valence-electron chi connectivity index (χ2n) is 5.88. The van der Waals surface area contributed by atoms with Gasteiger partial charge >= 0.3 is 0 Å². The molecule has 0 spiro atoms. The van der Waals surface area contributed by atoms with Crippen molar-refractivity contribution in [3.63, 3.8) is 0 Å². The normalized spacial score (nSPS) is 10.9. The Morgan fingerprint density at radius 3 is 2.46 bits per heavy atom. The van der Waals surface area contributed by atoms with E-state index in [2.05, 4.69) is 11.9 Å². The maximum absolute atomic E-state index is 6.17. The number of nitrogens with zero attached hydrogens (tertiary/aromatic N) is 1. The van der Waals surface area contributed by atoms with Gasteiger partial charge in [-0.2, -0.15) is 0 Å². The quantitative estimate of drug-likeness (QED) is 0.502. The maximum Gasteiger partial charge on any atom is 0.161 e. The second kappa shape index (κ2) is 8.54. The van der Waals surface area contributed by atoms with Gasteiger partial charge in [-0.15, -0.1) is 0 Å². The van der Waals surface area contributed by atoms with Crippen molar-refractivity contribution in [2.24, 2.45) is 4.99 Å². The van der Waals surface area contributed by atoms with Gasteiger partial charge in [0.15, 0.2) is 11.5 Å². The van der Waals surface area contributed by atoms with Crippen LogP contribution in [0.5, 0.6) is 11.5 Å². The highest BCUT2D eigenvalue weighted by molar-refractivity contribution is 6.31. The standard InChI is InChI=1S/C22H20ClNO2/c1-16-7-10-19(11-8-16)24-14-17-9-12-21(22(13-17)25-2)26-15-18-5-3-4-6-20(18)23/h3-14H,15H2,1-2H3. The van der Waals surface area contributed by atoms with Crippen molar-refractivity contribution >= 4 is 23.5 Å². The molecule has 0 aromatic heterocycles. The lowest BCUT2D eigenvalue weighted by atomic mass is 10.2. The molecule has 0 aliphatic heterocycles. The van der Waals surface area contributed by atoms with Crippen LogP contribution in [0.3, 0.4) is 0 Å². The lowest BCUT2D eigenvalue weighted by molar-refractivity contribution is 0.284. The zero-order valence-corrected chi connectivity index (χ0v) is 15.5. The van der Waals surface area contributed by atoms with E-state index >= 15 is 0 Å². The number of halogens is 1. The van der Waals surface area contributed by atoms with Crippen LogP contribution in [0, 0.1) is 6.92 Å². The first kappa shape index (κ1) is 18.0. The molecule has 132 valence electrons. The summed E-state index contributed by atoms with van der Waals surface area (Å²) in [6, 6.07) is 21.4. The molecule has 4 heteroatoms. The van der Waals surface area contributed by atoms with E-state index in [0.29, 0.717) is 23.1 Å². The average molecular weight is 366 g/mol. The zero-order valence-electron chi connectivity index (χ0n) is 14.8. The van der Waals surface area contributed by atoms with Crippen LogP contribution >= 0.6 is 11.6 Å². The molecule has 0 radical (unpaired) electrons. The number of benzene rings is 3. The summed E-state index contributed by atoms with van der Waals surface area (Å²) in [7, 11) is 1.62. The fourth-order valence-corrected chi connectivity index (χ4v) is 2.62. The molecule has 0 heterocycles. The SMILES string of the molecule is COc1cc(C=Nc2ccc(C)cc2)ccc1OCc1ccccc1Cl. The van der Waals surface area contributed by atoms with Crippen molar-refractivity contribution in [1.82, 2.24) is 0 Å². The van der Waals surface area contributed by atoms with Crippen molar-refractivity contribution in [2.75, 3.05) is 7.11 Å². The highest BCUT2D eigenvalue weighted by Crippen LogP contribution is 2.29. The molecule has 0 aliphatic carbocycles. The Labute approximate surface area is 158 Å². The van der Waals surface area contributed by atoms with Gasteiger partial charge in [0.1, 0.15) is 6.61 Å². The number of hydrogen-bond donors (Lipinski definition) is 0. The molecule has 0 N–H and O–H groups in total. The molecule has 0 saturated carbocycles. The monoisotopic (exact) mass is 365 g/mol. The van der Waals surface area contributed by atoms with Crippen LogP contribution in [0.1, 0.15) is 16.7 Å². The first-order valence-corrected chi connectivity index (χ1v) is 8.68. The van der Waals surface area contributed by atoms with Gasteiger partial charge in [0, 0.05) is 16.8 Å². The third-order valence-corrected chi connectivity index (χ3v) is 4.29. The molecule has 3 nitrogen and oxygen atoms in total. The number of methoxy groups -OCH3 is 1. The first-order valence-electron chi connectivity index (χ1n) is 8.30. The predicted octanol–water partition coefficient (Wildman–Crippen LogP) is 5.99. The fraction of sp³-hybridized carbons (Fsp3) is 0.136. The summed E-state index contributed by atoms with van der Waals surface area (Å²) in [5.74, 6) is 1.32. The van der Waals surface area contributed by atoms with Crippen LogP contribution in [0.4, 0.5) is 5.69 Å². The molecule has 0 bridgehead atoms. The summed E-state index contributed by atoms with van der Waals surface area (Å²) < 4.78 is 11.3. The lowest BCUT2D eigenvalue weighted by Crippen LogP contribution is -1.99. The third-order valence-electron chi connectivity index (χ3n) is 3.93. The van der Waals surface area contributed by atoms with E-state index in [9.17, 15) is 0 Å². The molecule has 0 aliphatic rings. The van der Waals surface area contributed by atoms with Crippen LogP contribution in [-0.2, 0) is 6.61 Å². The van der Waals surface area contributed by atoms with Gasteiger partial charge in [0.25, 0.3) is 0 Å². The number of ether oxygens (including phenoxy) is 2. The summed E-state index contributed by atoms with van der Waals surface area (Å²) in [6.07, 6.45) is 1.81. The Balaban J connectivity index is 1.73. The van der Waals surface area contributed by atoms with Crippen LogP contribution in [0.25, 0.3) is 0 Å². The van der Waals surface area contributed by atoms with Gasteiger partial charge in [-0.1, -0.05) is 47.5 Å². The van der Waals surface area contributed by atoms with E-state index < -0.39 is 0 Å². The molecular formula is C22H20ClNO2. The highest BCUT2D eigenvalue weighted by Gasteiger charge is 2.07. The van der Waals surface area contributed by atoms with Gasteiger partial charge in [0.05, 0.1) is 12.8 Å². The highest BCUT2D eigenvalue weighted by atomic mass is 35.5. The minimum Gasteiger partial charge on any atom is -0.493 e. The summed E-state index contributed by atoms with van der Waals surface area (Å²) in [5.41, 5.74) is 3.99. The van der Waals surface area contributed by atoms with Crippen molar-refractivity contribution < 1.29 is 9.47 Å². The van der Waals surface area contributed by atoms with E-state index in [-0.39, 0.29) is 0 Å². The molecule has 0 unspecified atom stereocenters. The molecule has 3 aromatic rings. The zero-order chi connectivity index (χ0) is 18.4. The summed E-state index contributed by atoms with van der Waals surface area (Å²) in [6.45, 7) is 2.44. The minimum absolute atomic E-state index is 0.382. The Kier molecular flexibility index (Phi) is 5.92. The van der Waals surface area contributed by atoms with Crippen molar-refractivity contribution in [3.05, 3.63) is 88.4 Å². The Hall–Kier alpha value is -2.78. The number of hydrogen-bond acceptors (Lipinski definition) is 3. The largest absolute Gasteiger partial charge is 0.493 e. The summed E-state index contributed by atoms with van der Waals surface area (Å²) >= 11 is 6.17. The molecule has 26 heavy (non-hydrogen) atoms. The molecule has 3 rings (SSSR count). The minimum atomic E-state index is 0.382. The Morgan fingerprint density at radius 1 is 0.962 bits per heavy atom. The van der Waals surface area contributed by atoms with Gasteiger partial charge in [-0.05, 0) is 48.9 Å². The third kappa shape index (κ3) is 4.64. The first-order chi connectivity index (χ1) is 12.7.